The molecule has 0 aliphatic heterocycles. The third-order valence-electron chi connectivity index (χ3n) is 3.22. The molecule has 4 nitrogen and oxygen atoms in total. The Morgan fingerprint density at radius 3 is 2.53 bits per heavy atom. The van der Waals surface area contributed by atoms with Crippen molar-refractivity contribution in [3.05, 3.63) is 23.8 Å². The topological polar surface area (TPSA) is 72.2 Å². The highest BCUT2D eigenvalue weighted by molar-refractivity contribution is 7.89. The molecule has 17 heavy (non-hydrogen) atoms. The van der Waals surface area contributed by atoms with Gasteiger partial charge in [0.1, 0.15) is 0 Å². The van der Waals surface area contributed by atoms with E-state index in [0.29, 0.717) is 11.6 Å². The maximum Gasteiger partial charge on any atom is 0.238 e. The first-order chi connectivity index (χ1) is 7.97. The van der Waals surface area contributed by atoms with Crippen LogP contribution in [0.5, 0.6) is 0 Å². The first-order valence-electron chi connectivity index (χ1n) is 5.87. The predicted octanol–water partition coefficient (Wildman–Crippen LogP) is 2.00. The van der Waals surface area contributed by atoms with Gasteiger partial charge in [0.25, 0.3) is 0 Å². The van der Waals surface area contributed by atoms with Crippen molar-refractivity contribution in [1.82, 2.24) is 0 Å². The van der Waals surface area contributed by atoms with Gasteiger partial charge in [-0.1, -0.05) is 18.9 Å². The quantitative estimate of drug-likeness (QED) is 0.866. The van der Waals surface area contributed by atoms with Gasteiger partial charge in [-0.3, -0.25) is 0 Å². The number of sulfonamides is 1. The maximum absolute atomic E-state index is 11.4. The van der Waals surface area contributed by atoms with E-state index in [-0.39, 0.29) is 4.90 Å². The number of primary sulfonamides is 1. The fourth-order valence-corrected chi connectivity index (χ4v) is 3.11. The van der Waals surface area contributed by atoms with Crippen LogP contribution in [0.25, 0.3) is 0 Å². The van der Waals surface area contributed by atoms with Crippen LogP contribution in [-0.4, -0.2) is 14.5 Å². The van der Waals surface area contributed by atoms with Gasteiger partial charge in [0.15, 0.2) is 0 Å². The van der Waals surface area contributed by atoms with E-state index in [9.17, 15) is 8.42 Å². The van der Waals surface area contributed by atoms with Gasteiger partial charge in [0.05, 0.1) is 4.90 Å². The zero-order chi connectivity index (χ0) is 12.5. The monoisotopic (exact) mass is 254 g/mol. The summed E-state index contributed by atoms with van der Waals surface area (Å²) in [6.45, 7) is 1.75. The molecule has 0 bridgehead atoms. The zero-order valence-corrected chi connectivity index (χ0v) is 10.8. The number of hydrogen-bond acceptors (Lipinski definition) is 3. The molecule has 0 spiro atoms. The molecule has 1 aliphatic rings. The number of rotatable bonds is 3. The van der Waals surface area contributed by atoms with Crippen molar-refractivity contribution >= 4 is 15.7 Å². The molecule has 1 fully saturated rings. The van der Waals surface area contributed by atoms with Crippen LogP contribution in [0.1, 0.15) is 31.2 Å². The van der Waals surface area contributed by atoms with Crippen LogP contribution in [0.2, 0.25) is 0 Å². The molecule has 0 saturated heterocycles. The Balaban J connectivity index is 2.24. The van der Waals surface area contributed by atoms with Gasteiger partial charge in [-0.15, -0.1) is 0 Å². The Kier molecular flexibility index (Phi) is 3.40. The number of nitrogens with two attached hydrogens (primary N) is 1. The summed E-state index contributed by atoms with van der Waals surface area (Å²) < 4.78 is 22.8. The summed E-state index contributed by atoms with van der Waals surface area (Å²) in [6.07, 6.45) is 4.79. The van der Waals surface area contributed by atoms with Crippen LogP contribution >= 0.6 is 0 Å². The van der Waals surface area contributed by atoms with Gasteiger partial charge in [-0.2, -0.15) is 0 Å². The molecule has 0 atom stereocenters. The summed E-state index contributed by atoms with van der Waals surface area (Å²) in [6, 6.07) is 5.79. The highest BCUT2D eigenvalue weighted by Gasteiger charge is 2.16. The van der Waals surface area contributed by atoms with Crippen molar-refractivity contribution in [3.8, 4) is 0 Å². The molecule has 1 saturated carbocycles. The predicted molar refractivity (Wildman–Crippen MR) is 68.4 cm³/mol. The standard InChI is InChI=1S/C12H18N2O2S/c1-9-6-7-11(8-12(9)17(13,15)16)14-10-4-2-3-5-10/h6-8,10,14H,2-5H2,1H3,(H2,13,15,16). The molecule has 0 radical (unpaired) electrons. The number of hydrogen-bond donors (Lipinski definition) is 2. The Labute approximate surface area is 102 Å². The minimum Gasteiger partial charge on any atom is -0.382 e. The molecular weight excluding hydrogens is 236 g/mol. The van der Waals surface area contributed by atoms with Crippen molar-refractivity contribution in [2.24, 2.45) is 5.14 Å². The second-order valence-corrected chi connectivity index (χ2v) is 6.18. The fraction of sp³-hybridized carbons (Fsp3) is 0.500. The smallest absolute Gasteiger partial charge is 0.238 e. The van der Waals surface area contributed by atoms with E-state index in [1.807, 2.05) is 6.07 Å². The lowest BCUT2D eigenvalue weighted by Crippen LogP contribution is -2.17. The minimum absolute atomic E-state index is 0.209. The second-order valence-electron chi connectivity index (χ2n) is 4.65. The Hall–Kier alpha value is -1.07. The molecule has 1 aromatic rings. The molecule has 3 N–H and O–H groups in total. The largest absolute Gasteiger partial charge is 0.382 e. The lowest BCUT2D eigenvalue weighted by Gasteiger charge is -2.15. The van der Waals surface area contributed by atoms with Gasteiger partial charge in [0, 0.05) is 11.7 Å². The van der Waals surface area contributed by atoms with E-state index in [2.05, 4.69) is 5.32 Å². The second kappa shape index (κ2) is 4.66. The van der Waals surface area contributed by atoms with Gasteiger partial charge >= 0.3 is 0 Å². The number of benzene rings is 1. The van der Waals surface area contributed by atoms with Gasteiger partial charge < -0.3 is 5.32 Å². The van der Waals surface area contributed by atoms with Crippen molar-refractivity contribution in [2.45, 2.75) is 43.5 Å². The molecule has 1 aromatic carbocycles. The van der Waals surface area contributed by atoms with Crippen molar-refractivity contribution in [1.29, 1.82) is 0 Å². The summed E-state index contributed by atoms with van der Waals surface area (Å²) in [5.41, 5.74) is 1.52. The minimum atomic E-state index is -3.63. The summed E-state index contributed by atoms with van der Waals surface area (Å²) in [5.74, 6) is 0. The number of aryl methyl sites for hydroxylation is 1. The van der Waals surface area contributed by atoms with E-state index < -0.39 is 10.0 Å². The highest BCUT2D eigenvalue weighted by atomic mass is 32.2. The number of nitrogens with one attached hydrogen (secondary N) is 1. The molecule has 0 amide bonds. The number of anilines is 1. The van der Waals surface area contributed by atoms with Gasteiger partial charge in [-0.25, -0.2) is 13.6 Å². The van der Waals surface area contributed by atoms with Crippen LogP contribution in [0.3, 0.4) is 0 Å². The van der Waals surface area contributed by atoms with Crippen LogP contribution in [0.4, 0.5) is 5.69 Å². The third-order valence-corrected chi connectivity index (χ3v) is 4.27. The zero-order valence-electron chi connectivity index (χ0n) is 9.94. The normalized spacial score (nSPS) is 17.3. The molecule has 1 aliphatic carbocycles. The molecule has 94 valence electrons. The van der Waals surface area contributed by atoms with Crippen molar-refractivity contribution in [3.63, 3.8) is 0 Å². The van der Waals surface area contributed by atoms with Crippen molar-refractivity contribution < 1.29 is 8.42 Å². The molecule has 0 heterocycles. The van der Waals surface area contributed by atoms with E-state index in [1.54, 1.807) is 19.1 Å². The highest BCUT2D eigenvalue weighted by Crippen LogP contribution is 2.24. The van der Waals surface area contributed by atoms with E-state index in [1.165, 1.54) is 12.8 Å². The first kappa shape index (κ1) is 12.4. The van der Waals surface area contributed by atoms with Crippen LogP contribution in [-0.2, 0) is 10.0 Å². The van der Waals surface area contributed by atoms with E-state index in [0.717, 1.165) is 18.5 Å². The first-order valence-corrected chi connectivity index (χ1v) is 7.41. The molecule has 2 rings (SSSR count). The lowest BCUT2D eigenvalue weighted by atomic mass is 10.2. The molecule has 0 unspecified atom stereocenters. The molecule has 5 heteroatoms. The molecular formula is C12H18N2O2S. The Morgan fingerprint density at radius 2 is 1.94 bits per heavy atom. The fourth-order valence-electron chi connectivity index (χ4n) is 2.30. The van der Waals surface area contributed by atoms with Gasteiger partial charge in [-0.05, 0) is 37.5 Å². The summed E-state index contributed by atoms with van der Waals surface area (Å²) in [5, 5.41) is 8.54. The summed E-state index contributed by atoms with van der Waals surface area (Å²) in [7, 11) is -3.63. The van der Waals surface area contributed by atoms with Crippen LogP contribution in [0, 0.1) is 6.92 Å². The van der Waals surface area contributed by atoms with Crippen molar-refractivity contribution in [2.75, 3.05) is 5.32 Å². The van der Waals surface area contributed by atoms with Crippen LogP contribution in [0.15, 0.2) is 23.1 Å². The van der Waals surface area contributed by atoms with Gasteiger partial charge in [0.2, 0.25) is 10.0 Å². The summed E-state index contributed by atoms with van der Waals surface area (Å²) >= 11 is 0. The summed E-state index contributed by atoms with van der Waals surface area (Å²) in [4.78, 5) is 0.209. The lowest BCUT2D eigenvalue weighted by molar-refractivity contribution is 0.597. The van der Waals surface area contributed by atoms with Crippen LogP contribution < -0.4 is 10.5 Å². The SMILES string of the molecule is Cc1ccc(NC2CCCC2)cc1S(N)(=O)=O. The maximum atomic E-state index is 11.4. The average Bonchev–Trinajstić information content (AvgIpc) is 2.72. The van der Waals surface area contributed by atoms with E-state index in [4.69, 9.17) is 5.14 Å². The molecule has 0 aromatic heterocycles. The Morgan fingerprint density at radius 1 is 1.29 bits per heavy atom. The third kappa shape index (κ3) is 2.98. The Bertz CT molecular complexity index is 505. The van der Waals surface area contributed by atoms with E-state index >= 15 is 0 Å². The average molecular weight is 254 g/mol.